The molecule has 164 valence electrons. The Morgan fingerprint density at radius 3 is 1.91 bits per heavy atom. The molecule has 4 rings (SSSR count). The zero-order valence-corrected chi connectivity index (χ0v) is 17.4. The molecule has 7 heteroatoms. The lowest BCUT2D eigenvalue weighted by atomic mass is 10.0. The van der Waals surface area contributed by atoms with Crippen LogP contribution >= 0.6 is 0 Å². The second-order valence-electron chi connectivity index (χ2n) is 7.64. The lowest BCUT2D eigenvalue weighted by Crippen LogP contribution is -2.51. The topological polar surface area (TPSA) is 52.7 Å². The molecule has 0 spiro atoms. The highest BCUT2D eigenvalue weighted by atomic mass is 19.1. The first-order valence-corrected chi connectivity index (χ1v) is 10.4. The van der Waals surface area contributed by atoms with Gasteiger partial charge < -0.3 is 10.2 Å². The van der Waals surface area contributed by atoms with Crippen LogP contribution in [0.3, 0.4) is 0 Å². The molecule has 1 aliphatic rings. The number of hydrogen-bond acceptors (Lipinski definition) is 3. The van der Waals surface area contributed by atoms with Crippen molar-refractivity contribution in [2.75, 3.05) is 31.5 Å². The molecule has 0 radical (unpaired) electrons. The van der Waals surface area contributed by atoms with Gasteiger partial charge in [-0.1, -0.05) is 30.3 Å². The Labute approximate surface area is 185 Å². The van der Waals surface area contributed by atoms with Crippen molar-refractivity contribution in [3.63, 3.8) is 0 Å². The number of anilines is 1. The fraction of sp³-hybridized carbons (Fsp3) is 0.200. The summed E-state index contributed by atoms with van der Waals surface area (Å²) in [6, 6.07) is 20.0. The van der Waals surface area contributed by atoms with Gasteiger partial charge in [-0.2, -0.15) is 0 Å². The lowest BCUT2D eigenvalue weighted by molar-refractivity contribution is -0.122. The largest absolute Gasteiger partial charge is 0.336 e. The Kier molecular flexibility index (Phi) is 6.56. The summed E-state index contributed by atoms with van der Waals surface area (Å²) in [6.45, 7) is 1.90. The molecule has 2 amide bonds. The first-order valence-electron chi connectivity index (χ1n) is 10.4. The van der Waals surface area contributed by atoms with Crippen LogP contribution in [0, 0.1) is 11.6 Å². The van der Waals surface area contributed by atoms with E-state index in [1.165, 1.54) is 48.5 Å². The Hall–Kier alpha value is -3.58. The molecule has 1 saturated heterocycles. The summed E-state index contributed by atoms with van der Waals surface area (Å²) >= 11 is 0. The average Bonchev–Trinajstić information content (AvgIpc) is 2.82. The number of piperazine rings is 1. The molecule has 0 aliphatic carbocycles. The van der Waals surface area contributed by atoms with Crippen molar-refractivity contribution in [3.8, 4) is 0 Å². The van der Waals surface area contributed by atoms with E-state index >= 15 is 0 Å². The highest BCUT2D eigenvalue weighted by Gasteiger charge is 2.32. The summed E-state index contributed by atoms with van der Waals surface area (Å²) in [4.78, 5) is 29.7. The number of nitrogens with one attached hydrogen (secondary N) is 1. The van der Waals surface area contributed by atoms with Crippen LogP contribution in [0.2, 0.25) is 0 Å². The Balaban J connectivity index is 1.47. The van der Waals surface area contributed by atoms with Crippen LogP contribution < -0.4 is 5.32 Å². The summed E-state index contributed by atoms with van der Waals surface area (Å²) < 4.78 is 26.4. The van der Waals surface area contributed by atoms with E-state index in [4.69, 9.17) is 0 Å². The molecular weight excluding hydrogens is 412 g/mol. The molecule has 5 nitrogen and oxygen atoms in total. The quantitative estimate of drug-likeness (QED) is 0.657. The van der Waals surface area contributed by atoms with Gasteiger partial charge in [0, 0.05) is 37.4 Å². The summed E-state index contributed by atoms with van der Waals surface area (Å²) in [5, 5.41) is 2.87. The predicted molar refractivity (Wildman–Crippen MR) is 118 cm³/mol. The third-order valence-electron chi connectivity index (χ3n) is 5.53. The van der Waals surface area contributed by atoms with Crippen LogP contribution in [0.4, 0.5) is 14.5 Å². The Bertz CT molecular complexity index is 1060. The minimum atomic E-state index is -0.552. The smallest absolute Gasteiger partial charge is 0.253 e. The van der Waals surface area contributed by atoms with Crippen molar-refractivity contribution in [1.29, 1.82) is 0 Å². The number of nitrogens with zero attached hydrogens (tertiary/aromatic N) is 2. The van der Waals surface area contributed by atoms with Gasteiger partial charge in [-0.05, 0) is 54.1 Å². The summed E-state index contributed by atoms with van der Waals surface area (Å²) in [5.74, 6) is -1.13. The van der Waals surface area contributed by atoms with E-state index in [1.54, 1.807) is 4.90 Å². The van der Waals surface area contributed by atoms with Crippen LogP contribution in [0.25, 0.3) is 0 Å². The maximum atomic E-state index is 13.2. The van der Waals surface area contributed by atoms with Gasteiger partial charge in [0.25, 0.3) is 5.91 Å². The molecule has 1 N–H and O–H groups in total. The second kappa shape index (κ2) is 9.70. The van der Waals surface area contributed by atoms with Crippen molar-refractivity contribution in [2.45, 2.75) is 6.04 Å². The van der Waals surface area contributed by atoms with Crippen LogP contribution in [0.5, 0.6) is 0 Å². The van der Waals surface area contributed by atoms with E-state index < -0.39 is 6.04 Å². The van der Waals surface area contributed by atoms with Gasteiger partial charge in [0.1, 0.15) is 17.7 Å². The third kappa shape index (κ3) is 5.00. The summed E-state index contributed by atoms with van der Waals surface area (Å²) in [5.41, 5.74) is 1.79. The van der Waals surface area contributed by atoms with Gasteiger partial charge in [0.2, 0.25) is 5.91 Å². The highest BCUT2D eigenvalue weighted by Crippen LogP contribution is 2.25. The zero-order valence-electron chi connectivity index (χ0n) is 17.4. The SMILES string of the molecule is O=C(Nc1ccc(F)cc1)C(c1ccccc1)N1CCN(C(=O)c2ccc(F)cc2)CC1. The standard InChI is InChI=1S/C25H23F2N3O2/c26-20-8-6-19(7-9-20)25(32)30-16-14-29(15-17-30)23(18-4-2-1-3-5-18)24(31)28-22-12-10-21(27)11-13-22/h1-13,23H,14-17H2,(H,28,31). The fourth-order valence-corrected chi connectivity index (χ4v) is 3.87. The molecular formula is C25H23F2N3O2. The third-order valence-corrected chi connectivity index (χ3v) is 5.53. The van der Waals surface area contributed by atoms with Crippen LogP contribution in [0.15, 0.2) is 78.9 Å². The van der Waals surface area contributed by atoms with Crippen LogP contribution in [-0.2, 0) is 4.79 Å². The molecule has 0 saturated carbocycles. The minimum Gasteiger partial charge on any atom is -0.336 e. The van der Waals surface area contributed by atoms with Crippen molar-refractivity contribution < 1.29 is 18.4 Å². The minimum absolute atomic E-state index is 0.156. The van der Waals surface area contributed by atoms with Gasteiger partial charge >= 0.3 is 0 Å². The Morgan fingerprint density at radius 1 is 0.750 bits per heavy atom. The molecule has 0 aromatic heterocycles. The summed E-state index contributed by atoms with van der Waals surface area (Å²) in [7, 11) is 0. The molecule has 1 unspecified atom stereocenters. The van der Waals surface area contributed by atoms with E-state index in [-0.39, 0.29) is 23.4 Å². The molecule has 1 atom stereocenters. The molecule has 1 fully saturated rings. The predicted octanol–water partition coefficient (Wildman–Crippen LogP) is 4.10. The lowest BCUT2D eigenvalue weighted by Gasteiger charge is -2.38. The fourth-order valence-electron chi connectivity index (χ4n) is 3.87. The van der Waals surface area contributed by atoms with Crippen molar-refractivity contribution >= 4 is 17.5 Å². The molecule has 3 aromatic rings. The highest BCUT2D eigenvalue weighted by molar-refractivity contribution is 5.96. The van der Waals surface area contributed by atoms with E-state index in [1.807, 2.05) is 35.2 Å². The number of halogens is 2. The number of carbonyl (C=O) groups excluding carboxylic acids is 2. The van der Waals surface area contributed by atoms with Gasteiger partial charge in [0.05, 0.1) is 0 Å². The molecule has 32 heavy (non-hydrogen) atoms. The van der Waals surface area contributed by atoms with Crippen molar-refractivity contribution in [1.82, 2.24) is 9.80 Å². The van der Waals surface area contributed by atoms with E-state index in [0.29, 0.717) is 37.4 Å². The van der Waals surface area contributed by atoms with E-state index in [9.17, 15) is 18.4 Å². The van der Waals surface area contributed by atoms with Gasteiger partial charge in [0.15, 0.2) is 0 Å². The van der Waals surface area contributed by atoms with Crippen molar-refractivity contribution in [2.24, 2.45) is 0 Å². The molecule has 1 heterocycles. The normalized spacial score (nSPS) is 15.2. The van der Waals surface area contributed by atoms with E-state index in [2.05, 4.69) is 5.32 Å². The van der Waals surface area contributed by atoms with Gasteiger partial charge in [-0.3, -0.25) is 14.5 Å². The first kappa shape index (κ1) is 21.6. The molecule has 1 aliphatic heterocycles. The molecule has 0 bridgehead atoms. The first-order chi connectivity index (χ1) is 15.5. The maximum absolute atomic E-state index is 13.2. The monoisotopic (exact) mass is 435 g/mol. The average molecular weight is 435 g/mol. The van der Waals surface area contributed by atoms with Crippen molar-refractivity contribution in [3.05, 3.63) is 102 Å². The van der Waals surface area contributed by atoms with Crippen LogP contribution in [0.1, 0.15) is 22.0 Å². The number of amides is 2. The number of benzene rings is 3. The molecule has 3 aromatic carbocycles. The Morgan fingerprint density at radius 2 is 1.31 bits per heavy atom. The number of hydrogen-bond donors (Lipinski definition) is 1. The van der Waals surface area contributed by atoms with Gasteiger partial charge in [-0.15, -0.1) is 0 Å². The summed E-state index contributed by atoms with van der Waals surface area (Å²) in [6.07, 6.45) is 0. The van der Waals surface area contributed by atoms with Gasteiger partial charge in [-0.25, -0.2) is 8.78 Å². The van der Waals surface area contributed by atoms with Crippen LogP contribution in [-0.4, -0.2) is 47.8 Å². The van der Waals surface area contributed by atoms with E-state index in [0.717, 1.165) is 5.56 Å². The second-order valence-corrected chi connectivity index (χ2v) is 7.64. The maximum Gasteiger partial charge on any atom is 0.253 e. The number of carbonyl (C=O) groups is 2. The zero-order chi connectivity index (χ0) is 22.5. The number of rotatable bonds is 5.